The molecule has 6 heteroatoms. The second kappa shape index (κ2) is 6.05. The molecule has 6 nitrogen and oxygen atoms in total. The minimum atomic E-state index is -0.0483. The lowest BCUT2D eigenvalue weighted by Crippen LogP contribution is -2.48. The molecule has 1 aliphatic rings. The van der Waals surface area contributed by atoms with Gasteiger partial charge in [0, 0.05) is 51.2 Å². The molecule has 3 rings (SSSR count). The highest BCUT2D eigenvalue weighted by Crippen LogP contribution is 2.11. The zero-order valence-electron chi connectivity index (χ0n) is 12.0. The molecule has 1 amide bonds. The summed E-state index contributed by atoms with van der Waals surface area (Å²) in [7, 11) is 0. The second-order valence-electron chi connectivity index (χ2n) is 5.25. The number of carbonyl (C=O) groups excluding carboxylic acids is 1. The summed E-state index contributed by atoms with van der Waals surface area (Å²) in [5, 5.41) is 3.79. The Bertz CT molecular complexity index is 603. The van der Waals surface area contributed by atoms with Gasteiger partial charge in [0.25, 0.3) is 5.91 Å². The van der Waals surface area contributed by atoms with E-state index in [9.17, 15) is 4.79 Å². The van der Waals surface area contributed by atoms with Crippen LogP contribution in [-0.2, 0) is 6.54 Å². The zero-order valence-corrected chi connectivity index (χ0v) is 12.0. The van der Waals surface area contributed by atoms with Crippen molar-refractivity contribution >= 4 is 5.91 Å². The summed E-state index contributed by atoms with van der Waals surface area (Å²) in [6.07, 6.45) is 3.66. The summed E-state index contributed by atoms with van der Waals surface area (Å²) < 4.78 is 4.96. The first-order valence-electron chi connectivity index (χ1n) is 7.06. The number of hydrogen-bond acceptors (Lipinski definition) is 5. The Hall–Kier alpha value is -2.21. The van der Waals surface area contributed by atoms with E-state index in [0.29, 0.717) is 24.5 Å². The minimum Gasteiger partial charge on any atom is -0.361 e. The van der Waals surface area contributed by atoms with Crippen molar-refractivity contribution in [2.45, 2.75) is 13.5 Å². The normalized spacial score (nSPS) is 16.1. The van der Waals surface area contributed by atoms with Crippen molar-refractivity contribution in [3.8, 4) is 0 Å². The van der Waals surface area contributed by atoms with Crippen molar-refractivity contribution < 1.29 is 9.32 Å². The van der Waals surface area contributed by atoms with Crippen LogP contribution in [0.3, 0.4) is 0 Å². The van der Waals surface area contributed by atoms with Gasteiger partial charge in [-0.3, -0.25) is 14.7 Å². The van der Waals surface area contributed by atoms with Crippen molar-refractivity contribution in [3.63, 3.8) is 0 Å². The van der Waals surface area contributed by atoms with Crippen molar-refractivity contribution in [1.82, 2.24) is 19.9 Å². The molecule has 0 atom stereocenters. The highest BCUT2D eigenvalue weighted by molar-refractivity contribution is 5.92. The summed E-state index contributed by atoms with van der Waals surface area (Å²) in [5.41, 5.74) is 1.60. The molecule has 0 aliphatic carbocycles. The van der Waals surface area contributed by atoms with Crippen molar-refractivity contribution in [2.75, 3.05) is 26.2 Å². The predicted octanol–water partition coefficient (Wildman–Crippen LogP) is 1.34. The van der Waals surface area contributed by atoms with Crippen LogP contribution < -0.4 is 0 Å². The molecule has 0 saturated carbocycles. The Morgan fingerprint density at radius 2 is 2.14 bits per heavy atom. The van der Waals surface area contributed by atoms with Gasteiger partial charge in [0.15, 0.2) is 5.69 Å². The second-order valence-corrected chi connectivity index (χ2v) is 5.25. The van der Waals surface area contributed by atoms with Crippen LogP contribution in [0.25, 0.3) is 0 Å². The molecule has 2 aromatic heterocycles. The SMILES string of the molecule is Cc1cc(C(=O)N2CCN(Cc3cccnc3)CC2)no1. The van der Waals surface area contributed by atoms with E-state index in [1.54, 1.807) is 19.2 Å². The molecule has 21 heavy (non-hydrogen) atoms. The zero-order chi connectivity index (χ0) is 14.7. The van der Waals surface area contributed by atoms with E-state index in [-0.39, 0.29) is 5.91 Å². The summed E-state index contributed by atoms with van der Waals surface area (Å²) in [6, 6.07) is 5.70. The number of amides is 1. The predicted molar refractivity (Wildman–Crippen MR) is 76.7 cm³/mol. The Morgan fingerprint density at radius 1 is 1.33 bits per heavy atom. The molecule has 1 aliphatic heterocycles. The van der Waals surface area contributed by atoms with Crippen LogP contribution in [0.5, 0.6) is 0 Å². The average Bonchev–Trinajstić information content (AvgIpc) is 2.95. The number of rotatable bonds is 3. The first-order valence-corrected chi connectivity index (χ1v) is 7.06. The minimum absolute atomic E-state index is 0.0483. The van der Waals surface area contributed by atoms with Crippen LogP contribution in [0.2, 0.25) is 0 Å². The van der Waals surface area contributed by atoms with Gasteiger partial charge in [0.05, 0.1) is 0 Å². The number of aromatic nitrogens is 2. The van der Waals surface area contributed by atoms with Crippen molar-refractivity contribution in [2.24, 2.45) is 0 Å². The monoisotopic (exact) mass is 286 g/mol. The Balaban J connectivity index is 1.54. The summed E-state index contributed by atoms with van der Waals surface area (Å²) in [4.78, 5) is 20.5. The highest BCUT2D eigenvalue weighted by atomic mass is 16.5. The molecule has 3 heterocycles. The van der Waals surface area contributed by atoms with E-state index in [1.165, 1.54) is 5.56 Å². The van der Waals surface area contributed by atoms with Gasteiger partial charge in [-0.05, 0) is 18.6 Å². The third kappa shape index (κ3) is 3.28. The molecular formula is C15H18N4O2. The molecular weight excluding hydrogens is 268 g/mol. The van der Waals surface area contributed by atoms with Crippen LogP contribution in [0.4, 0.5) is 0 Å². The first kappa shape index (κ1) is 13.8. The van der Waals surface area contributed by atoms with Crippen molar-refractivity contribution in [3.05, 3.63) is 47.6 Å². The fourth-order valence-corrected chi connectivity index (χ4v) is 2.49. The number of piperazine rings is 1. The first-order chi connectivity index (χ1) is 10.2. The molecule has 1 saturated heterocycles. The van der Waals surface area contributed by atoms with Crippen LogP contribution in [0.15, 0.2) is 35.1 Å². The highest BCUT2D eigenvalue weighted by Gasteiger charge is 2.24. The Morgan fingerprint density at radius 3 is 2.76 bits per heavy atom. The van der Waals surface area contributed by atoms with Gasteiger partial charge in [0.2, 0.25) is 0 Å². The fourth-order valence-electron chi connectivity index (χ4n) is 2.49. The molecule has 0 unspecified atom stereocenters. The topological polar surface area (TPSA) is 62.5 Å². The van der Waals surface area contributed by atoms with Gasteiger partial charge in [-0.2, -0.15) is 0 Å². The van der Waals surface area contributed by atoms with Crippen LogP contribution in [0.1, 0.15) is 21.8 Å². The maximum Gasteiger partial charge on any atom is 0.276 e. The summed E-state index contributed by atoms with van der Waals surface area (Å²) >= 11 is 0. The van der Waals surface area contributed by atoms with Gasteiger partial charge < -0.3 is 9.42 Å². The van der Waals surface area contributed by atoms with Gasteiger partial charge >= 0.3 is 0 Å². The molecule has 0 spiro atoms. The summed E-state index contributed by atoms with van der Waals surface area (Å²) in [6.45, 7) is 5.81. The standard InChI is InChI=1S/C15H18N4O2/c1-12-9-14(17-21-12)15(20)19-7-5-18(6-8-19)11-13-3-2-4-16-10-13/h2-4,9-10H,5-8,11H2,1H3. The number of hydrogen-bond donors (Lipinski definition) is 0. The lowest BCUT2D eigenvalue weighted by molar-refractivity contribution is 0.0618. The molecule has 0 bridgehead atoms. The maximum atomic E-state index is 12.3. The Labute approximate surface area is 123 Å². The van der Waals surface area contributed by atoms with E-state index < -0.39 is 0 Å². The number of carbonyl (C=O) groups is 1. The lowest BCUT2D eigenvalue weighted by Gasteiger charge is -2.34. The molecule has 1 fully saturated rings. The quantitative estimate of drug-likeness (QED) is 0.852. The molecule has 0 N–H and O–H groups in total. The van der Waals surface area contributed by atoms with E-state index in [1.807, 2.05) is 17.2 Å². The smallest absolute Gasteiger partial charge is 0.276 e. The fraction of sp³-hybridized carbons (Fsp3) is 0.400. The third-order valence-electron chi connectivity index (χ3n) is 3.64. The van der Waals surface area contributed by atoms with Gasteiger partial charge in [-0.25, -0.2) is 0 Å². The molecule has 0 radical (unpaired) electrons. The van der Waals surface area contributed by atoms with E-state index in [4.69, 9.17) is 4.52 Å². The van der Waals surface area contributed by atoms with Crippen molar-refractivity contribution in [1.29, 1.82) is 0 Å². The molecule has 0 aromatic carbocycles. The lowest BCUT2D eigenvalue weighted by atomic mass is 10.2. The number of nitrogens with zero attached hydrogens (tertiary/aromatic N) is 4. The van der Waals surface area contributed by atoms with Gasteiger partial charge in [-0.1, -0.05) is 11.2 Å². The molecule has 2 aromatic rings. The van der Waals surface area contributed by atoms with E-state index in [2.05, 4.69) is 21.1 Å². The largest absolute Gasteiger partial charge is 0.361 e. The summed E-state index contributed by atoms with van der Waals surface area (Å²) in [5.74, 6) is 0.612. The molecule has 110 valence electrons. The number of pyridine rings is 1. The van der Waals surface area contributed by atoms with Crippen LogP contribution in [-0.4, -0.2) is 52.0 Å². The van der Waals surface area contributed by atoms with E-state index in [0.717, 1.165) is 19.6 Å². The van der Waals surface area contributed by atoms with E-state index >= 15 is 0 Å². The van der Waals surface area contributed by atoms with Gasteiger partial charge in [0.1, 0.15) is 5.76 Å². The average molecular weight is 286 g/mol. The Kier molecular flexibility index (Phi) is 3.96. The van der Waals surface area contributed by atoms with Crippen LogP contribution in [0, 0.1) is 6.92 Å². The third-order valence-corrected chi connectivity index (χ3v) is 3.64. The maximum absolute atomic E-state index is 12.3. The number of aryl methyl sites for hydroxylation is 1. The van der Waals surface area contributed by atoms with Crippen LogP contribution >= 0.6 is 0 Å². The van der Waals surface area contributed by atoms with Gasteiger partial charge in [-0.15, -0.1) is 0 Å².